The van der Waals surface area contributed by atoms with Crippen LogP contribution in [0.15, 0.2) is 24.3 Å². The number of anilines is 1. The summed E-state index contributed by atoms with van der Waals surface area (Å²) in [6.45, 7) is 1.63. The smallest absolute Gasteiger partial charge is 0.257 e. The molecule has 0 aliphatic heterocycles. The maximum atomic E-state index is 12.2. The van der Waals surface area contributed by atoms with Crippen molar-refractivity contribution < 1.29 is 14.3 Å². The third kappa shape index (κ3) is 3.41. The molecule has 0 unspecified atom stereocenters. The van der Waals surface area contributed by atoms with Gasteiger partial charge in [0.25, 0.3) is 5.91 Å². The van der Waals surface area contributed by atoms with Gasteiger partial charge in [0.2, 0.25) is 5.91 Å². The molecule has 0 aromatic heterocycles. The number of carbonyl (C=O) groups is 2. The fourth-order valence-corrected chi connectivity index (χ4v) is 2.51. The third-order valence-electron chi connectivity index (χ3n) is 3.50. The average molecular weight is 331 g/mol. The largest absolute Gasteiger partial charge is 0.484 e. The lowest BCUT2D eigenvalue weighted by Crippen LogP contribution is -2.26. The number of hydrogen-bond donors (Lipinski definition) is 2. The number of nitrogens with one attached hydrogen (secondary N) is 2. The Kier molecular flexibility index (Phi) is 4.35. The van der Waals surface area contributed by atoms with Crippen LogP contribution in [0.4, 0.5) is 5.69 Å². The highest BCUT2D eigenvalue weighted by atomic mass is 35.5. The fraction of sp³-hybridized carbons (Fsp3) is 0.429. The Labute approximate surface area is 132 Å². The standard InChI is InChI=1S/C14H16Cl2N2O3/c1-13(8-14(13,15)16)12(20)18-9-4-3-5-10(6-9)21-7-11(19)17-2/h3-6H,7-8H2,1-2H3,(H,17,19)(H,18,20)/t13-/m1/s1. The molecule has 1 aromatic carbocycles. The topological polar surface area (TPSA) is 67.4 Å². The van der Waals surface area contributed by atoms with Gasteiger partial charge in [-0.2, -0.15) is 0 Å². The van der Waals surface area contributed by atoms with Gasteiger partial charge < -0.3 is 15.4 Å². The van der Waals surface area contributed by atoms with E-state index in [9.17, 15) is 9.59 Å². The molecule has 2 N–H and O–H groups in total. The number of amides is 2. The number of hydrogen-bond acceptors (Lipinski definition) is 3. The van der Waals surface area contributed by atoms with Crippen LogP contribution in [0.3, 0.4) is 0 Å². The van der Waals surface area contributed by atoms with E-state index in [1.54, 1.807) is 31.2 Å². The lowest BCUT2D eigenvalue weighted by Gasteiger charge is -2.13. The first-order chi connectivity index (χ1) is 9.78. The van der Waals surface area contributed by atoms with E-state index in [0.29, 0.717) is 17.9 Å². The molecule has 114 valence electrons. The number of benzene rings is 1. The Hall–Kier alpha value is -1.46. The normalized spacial score (nSPS) is 22.3. The Morgan fingerprint density at radius 2 is 2.05 bits per heavy atom. The molecule has 0 spiro atoms. The Bertz CT molecular complexity index is 577. The van der Waals surface area contributed by atoms with Gasteiger partial charge in [-0.15, -0.1) is 23.2 Å². The maximum Gasteiger partial charge on any atom is 0.257 e. The van der Waals surface area contributed by atoms with Crippen LogP contribution in [0.1, 0.15) is 13.3 Å². The molecule has 7 heteroatoms. The van der Waals surface area contributed by atoms with Crippen LogP contribution in [0.5, 0.6) is 5.75 Å². The van der Waals surface area contributed by atoms with Crippen LogP contribution < -0.4 is 15.4 Å². The molecule has 0 radical (unpaired) electrons. The van der Waals surface area contributed by atoms with E-state index in [0.717, 1.165) is 0 Å². The summed E-state index contributed by atoms with van der Waals surface area (Å²) in [7, 11) is 1.53. The van der Waals surface area contributed by atoms with Crippen LogP contribution in [-0.4, -0.2) is 29.8 Å². The molecule has 1 aliphatic rings. The maximum absolute atomic E-state index is 12.2. The first-order valence-corrected chi connectivity index (χ1v) is 7.17. The van der Waals surface area contributed by atoms with Crippen molar-refractivity contribution in [2.24, 2.45) is 5.41 Å². The summed E-state index contributed by atoms with van der Waals surface area (Å²) >= 11 is 12.0. The number of halogens is 2. The van der Waals surface area contributed by atoms with Gasteiger partial charge in [-0.25, -0.2) is 0 Å². The molecule has 1 saturated carbocycles. The van der Waals surface area contributed by atoms with Crippen molar-refractivity contribution in [2.45, 2.75) is 17.7 Å². The second-order valence-corrected chi connectivity index (χ2v) is 6.64. The lowest BCUT2D eigenvalue weighted by atomic mass is 10.1. The van der Waals surface area contributed by atoms with Crippen molar-refractivity contribution in [1.29, 1.82) is 0 Å². The van der Waals surface area contributed by atoms with E-state index >= 15 is 0 Å². The second-order valence-electron chi connectivity index (χ2n) is 5.16. The summed E-state index contributed by atoms with van der Waals surface area (Å²) in [6.07, 6.45) is 0.418. The molecule has 21 heavy (non-hydrogen) atoms. The summed E-state index contributed by atoms with van der Waals surface area (Å²) in [4.78, 5) is 23.3. The first kappa shape index (κ1) is 15.9. The highest BCUT2D eigenvalue weighted by Gasteiger charge is 2.67. The molecular weight excluding hydrogens is 315 g/mol. The Morgan fingerprint density at radius 3 is 2.62 bits per heavy atom. The van der Waals surface area contributed by atoms with Gasteiger partial charge in [0.15, 0.2) is 6.61 Å². The van der Waals surface area contributed by atoms with Gasteiger partial charge in [-0.3, -0.25) is 9.59 Å². The van der Waals surface area contributed by atoms with E-state index in [-0.39, 0.29) is 18.4 Å². The van der Waals surface area contributed by atoms with E-state index < -0.39 is 9.75 Å². The molecule has 1 aliphatic carbocycles. The molecular formula is C14H16Cl2N2O3. The quantitative estimate of drug-likeness (QED) is 0.814. The minimum Gasteiger partial charge on any atom is -0.484 e. The van der Waals surface area contributed by atoms with Crippen LogP contribution in [0.25, 0.3) is 0 Å². The minimum atomic E-state index is -1.01. The fourth-order valence-electron chi connectivity index (χ4n) is 1.80. The van der Waals surface area contributed by atoms with Crippen molar-refractivity contribution in [3.05, 3.63) is 24.3 Å². The molecule has 5 nitrogen and oxygen atoms in total. The monoisotopic (exact) mass is 330 g/mol. The summed E-state index contributed by atoms with van der Waals surface area (Å²) < 4.78 is 4.30. The van der Waals surface area contributed by atoms with Crippen molar-refractivity contribution >= 4 is 40.7 Å². The number of rotatable bonds is 5. The van der Waals surface area contributed by atoms with Crippen LogP contribution in [0.2, 0.25) is 0 Å². The van der Waals surface area contributed by atoms with Crippen LogP contribution in [-0.2, 0) is 9.59 Å². The number of alkyl halides is 2. The van der Waals surface area contributed by atoms with Gasteiger partial charge in [0.1, 0.15) is 10.1 Å². The number of ether oxygens (including phenoxy) is 1. The highest BCUT2D eigenvalue weighted by molar-refractivity contribution is 6.53. The van der Waals surface area contributed by atoms with Gasteiger partial charge in [0, 0.05) is 18.8 Å². The van der Waals surface area contributed by atoms with Crippen LogP contribution in [0, 0.1) is 5.41 Å². The zero-order valence-corrected chi connectivity index (χ0v) is 13.2. The molecule has 1 aromatic rings. The van der Waals surface area contributed by atoms with Crippen molar-refractivity contribution in [2.75, 3.05) is 19.0 Å². The molecule has 2 rings (SSSR count). The second kappa shape index (κ2) is 5.73. The number of carbonyl (C=O) groups excluding carboxylic acids is 2. The Balaban J connectivity index is 1.98. The predicted octanol–water partition coefficient (Wildman–Crippen LogP) is 2.33. The predicted molar refractivity (Wildman–Crippen MR) is 81.8 cm³/mol. The van der Waals surface area contributed by atoms with E-state index in [2.05, 4.69) is 10.6 Å². The molecule has 0 bridgehead atoms. The summed E-state index contributed by atoms with van der Waals surface area (Å²) in [6, 6.07) is 6.78. The number of likely N-dealkylation sites (N-methyl/N-ethyl adjacent to an activating group) is 1. The van der Waals surface area contributed by atoms with E-state index in [1.165, 1.54) is 7.05 Å². The molecule has 0 saturated heterocycles. The zero-order chi connectivity index (χ0) is 15.7. The van der Waals surface area contributed by atoms with E-state index in [1.807, 2.05) is 0 Å². The molecule has 2 amide bonds. The molecule has 1 fully saturated rings. The molecule has 1 atom stereocenters. The van der Waals surface area contributed by atoms with Gasteiger partial charge >= 0.3 is 0 Å². The van der Waals surface area contributed by atoms with Crippen molar-refractivity contribution in [3.63, 3.8) is 0 Å². The van der Waals surface area contributed by atoms with Crippen LogP contribution >= 0.6 is 23.2 Å². The Morgan fingerprint density at radius 1 is 1.38 bits per heavy atom. The summed E-state index contributed by atoms with van der Waals surface area (Å²) in [5.74, 6) is 0.0142. The minimum absolute atomic E-state index is 0.0852. The van der Waals surface area contributed by atoms with Crippen molar-refractivity contribution in [1.82, 2.24) is 5.32 Å². The first-order valence-electron chi connectivity index (χ1n) is 6.41. The van der Waals surface area contributed by atoms with Gasteiger partial charge in [-0.1, -0.05) is 6.07 Å². The molecule has 0 heterocycles. The summed E-state index contributed by atoms with van der Waals surface area (Å²) in [5.41, 5.74) is -0.221. The SMILES string of the molecule is CNC(=O)COc1cccc(NC(=O)[C@@]2(C)CC2(Cl)Cl)c1. The lowest BCUT2D eigenvalue weighted by molar-refractivity contribution is -0.122. The van der Waals surface area contributed by atoms with Crippen molar-refractivity contribution in [3.8, 4) is 5.75 Å². The summed E-state index contributed by atoms with van der Waals surface area (Å²) in [5, 5.41) is 5.21. The zero-order valence-electron chi connectivity index (χ0n) is 11.7. The average Bonchev–Trinajstić information content (AvgIpc) is 2.97. The van der Waals surface area contributed by atoms with E-state index in [4.69, 9.17) is 27.9 Å². The highest BCUT2D eigenvalue weighted by Crippen LogP contribution is 2.64. The van der Waals surface area contributed by atoms with Gasteiger partial charge in [0.05, 0.1) is 5.41 Å². The van der Waals surface area contributed by atoms with Gasteiger partial charge in [-0.05, 0) is 25.5 Å². The third-order valence-corrected chi connectivity index (χ3v) is 4.60.